The summed E-state index contributed by atoms with van der Waals surface area (Å²) in [6, 6.07) is 14.1. The fraction of sp³-hybridized carbons (Fsp3) is 0.375. The molecule has 0 saturated heterocycles. The number of benzene rings is 2. The molecule has 1 amide bonds. The van der Waals surface area contributed by atoms with Crippen molar-refractivity contribution in [3.8, 4) is 11.5 Å². The molecule has 3 aromatic rings. The predicted octanol–water partition coefficient (Wildman–Crippen LogP) is 5.25. The van der Waals surface area contributed by atoms with Gasteiger partial charge in [-0.2, -0.15) is 0 Å². The molecule has 2 N–H and O–H groups in total. The van der Waals surface area contributed by atoms with Crippen LogP contribution in [0.4, 0.5) is 5.69 Å². The van der Waals surface area contributed by atoms with Gasteiger partial charge >= 0.3 is 0 Å². The molecule has 1 aliphatic heterocycles. The second-order valence-corrected chi connectivity index (χ2v) is 8.83. The van der Waals surface area contributed by atoms with Crippen molar-refractivity contribution in [1.29, 1.82) is 0 Å². The molecular formula is C24H26N2O3. The van der Waals surface area contributed by atoms with Gasteiger partial charge < -0.3 is 19.8 Å². The zero-order chi connectivity index (χ0) is 20.2. The van der Waals surface area contributed by atoms with Gasteiger partial charge in [0.05, 0.1) is 5.41 Å². The number of rotatable bonds is 5. The third-order valence-electron chi connectivity index (χ3n) is 6.60. The van der Waals surface area contributed by atoms with Crippen LogP contribution in [0, 0.1) is 0 Å². The van der Waals surface area contributed by atoms with E-state index < -0.39 is 5.41 Å². The van der Waals surface area contributed by atoms with Crippen LogP contribution in [0.15, 0.2) is 42.5 Å². The lowest BCUT2D eigenvalue weighted by atomic mass is 9.86. The van der Waals surface area contributed by atoms with Gasteiger partial charge in [0, 0.05) is 27.7 Å². The molecule has 0 spiro atoms. The Bertz CT molecular complexity index is 1110. The Labute approximate surface area is 170 Å². The molecule has 0 atom stereocenters. The minimum atomic E-state index is -0.469. The molecular weight excluding hydrogens is 364 g/mol. The predicted molar refractivity (Wildman–Crippen MR) is 114 cm³/mol. The average molecular weight is 390 g/mol. The van der Waals surface area contributed by atoms with Gasteiger partial charge in [-0.1, -0.05) is 26.8 Å². The Morgan fingerprint density at radius 1 is 1.10 bits per heavy atom. The van der Waals surface area contributed by atoms with Crippen LogP contribution < -0.4 is 14.8 Å². The van der Waals surface area contributed by atoms with Crippen molar-refractivity contribution in [2.24, 2.45) is 0 Å². The maximum atomic E-state index is 13.2. The van der Waals surface area contributed by atoms with Crippen molar-refractivity contribution in [3.63, 3.8) is 0 Å². The highest BCUT2D eigenvalue weighted by Gasteiger charge is 2.51. The summed E-state index contributed by atoms with van der Waals surface area (Å²) in [4.78, 5) is 16.7. The molecule has 5 rings (SSSR count). The second kappa shape index (κ2) is 6.28. The second-order valence-electron chi connectivity index (χ2n) is 8.83. The van der Waals surface area contributed by atoms with Crippen molar-refractivity contribution in [2.75, 3.05) is 12.1 Å². The first-order valence-corrected chi connectivity index (χ1v) is 10.3. The van der Waals surface area contributed by atoms with Gasteiger partial charge in [-0.3, -0.25) is 4.79 Å². The Morgan fingerprint density at radius 2 is 1.90 bits per heavy atom. The van der Waals surface area contributed by atoms with Crippen LogP contribution in [-0.4, -0.2) is 17.7 Å². The number of aromatic nitrogens is 1. The van der Waals surface area contributed by atoms with E-state index in [9.17, 15) is 4.79 Å². The number of ether oxygens (including phenoxy) is 2. The first kappa shape index (κ1) is 18.1. The number of aromatic amines is 1. The highest BCUT2D eigenvalue weighted by Crippen LogP contribution is 2.51. The lowest BCUT2D eigenvalue weighted by Crippen LogP contribution is -2.27. The molecule has 0 radical (unpaired) electrons. The number of anilines is 1. The summed E-state index contributed by atoms with van der Waals surface area (Å²) in [5.74, 6) is 1.51. The number of carbonyl (C=O) groups excluding carboxylic acids is 1. The van der Waals surface area contributed by atoms with E-state index in [1.807, 2.05) is 30.3 Å². The Hall–Kier alpha value is -2.95. The number of hydrogen-bond donors (Lipinski definition) is 2. The van der Waals surface area contributed by atoms with E-state index in [1.165, 1.54) is 5.69 Å². The molecule has 1 fully saturated rings. The molecule has 5 heteroatoms. The topological polar surface area (TPSA) is 63.4 Å². The number of nitrogens with one attached hydrogen (secondary N) is 2. The van der Waals surface area contributed by atoms with Crippen LogP contribution in [0.5, 0.6) is 11.5 Å². The van der Waals surface area contributed by atoms with Crippen LogP contribution in [0.25, 0.3) is 10.9 Å². The van der Waals surface area contributed by atoms with Crippen molar-refractivity contribution in [1.82, 2.24) is 4.98 Å². The fourth-order valence-corrected chi connectivity index (χ4v) is 3.98. The van der Waals surface area contributed by atoms with E-state index in [0.29, 0.717) is 0 Å². The Balaban J connectivity index is 1.39. The van der Waals surface area contributed by atoms with E-state index in [2.05, 4.69) is 43.2 Å². The summed E-state index contributed by atoms with van der Waals surface area (Å²) in [6.45, 7) is 6.92. The quantitative estimate of drug-likeness (QED) is 0.625. The van der Waals surface area contributed by atoms with Crippen LogP contribution in [0.1, 0.15) is 51.3 Å². The number of carbonyl (C=O) groups is 1. The third kappa shape index (κ3) is 2.96. The number of amides is 1. The van der Waals surface area contributed by atoms with Crippen LogP contribution in [0.3, 0.4) is 0 Å². The SMILES string of the molecule is CCC(C)(C)c1cc2cc(NC(=O)C3(c4ccc5c(c4)OCO5)CC3)ccc2[nH]1. The molecule has 2 aromatic carbocycles. The summed E-state index contributed by atoms with van der Waals surface area (Å²) >= 11 is 0. The summed E-state index contributed by atoms with van der Waals surface area (Å²) in [6.07, 6.45) is 2.75. The minimum absolute atomic E-state index is 0.0420. The molecule has 150 valence electrons. The maximum Gasteiger partial charge on any atom is 0.235 e. The van der Waals surface area contributed by atoms with Crippen molar-refractivity contribution in [3.05, 3.63) is 53.7 Å². The third-order valence-corrected chi connectivity index (χ3v) is 6.60. The van der Waals surface area contributed by atoms with Crippen LogP contribution in [-0.2, 0) is 15.6 Å². The lowest BCUT2D eigenvalue weighted by Gasteiger charge is -2.20. The molecule has 0 bridgehead atoms. The molecule has 29 heavy (non-hydrogen) atoms. The Morgan fingerprint density at radius 3 is 2.66 bits per heavy atom. The highest BCUT2D eigenvalue weighted by molar-refractivity contribution is 6.02. The number of hydrogen-bond acceptors (Lipinski definition) is 3. The monoisotopic (exact) mass is 390 g/mol. The highest BCUT2D eigenvalue weighted by atomic mass is 16.7. The van der Waals surface area contributed by atoms with Crippen molar-refractivity contribution >= 4 is 22.5 Å². The van der Waals surface area contributed by atoms with Gasteiger partial charge in [-0.05, 0) is 61.2 Å². The van der Waals surface area contributed by atoms with Gasteiger partial charge in [-0.15, -0.1) is 0 Å². The van der Waals surface area contributed by atoms with Crippen molar-refractivity contribution < 1.29 is 14.3 Å². The molecule has 5 nitrogen and oxygen atoms in total. The van der Waals surface area contributed by atoms with Gasteiger partial charge in [0.2, 0.25) is 12.7 Å². The Kier molecular flexibility index (Phi) is 3.92. The van der Waals surface area contributed by atoms with Crippen LogP contribution >= 0.6 is 0 Å². The standard InChI is InChI=1S/C24H26N2O3/c1-4-23(2,3)21-12-15-11-17(6-7-18(15)26-21)25-22(27)24(9-10-24)16-5-8-19-20(13-16)29-14-28-19/h5-8,11-13,26H,4,9-10,14H2,1-3H3,(H,25,27). The molecule has 1 aliphatic carbocycles. The van der Waals surface area contributed by atoms with E-state index in [1.54, 1.807) is 0 Å². The van der Waals surface area contributed by atoms with Gasteiger partial charge in [0.1, 0.15) is 0 Å². The van der Waals surface area contributed by atoms with E-state index in [0.717, 1.165) is 52.9 Å². The van der Waals surface area contributed by atoms with Gasteiger partial charge in [0.15, 0.2) is 11.5 Å². The fourth-order valence-electron chi connectivity index (χ4n) is 3.98. The van der Waals surface area contributed by atoms with E-state index in [-0.39, 0.29) is 18.1 Å². The molecule has 2 aliphatic rings. The largest absolute Gasteiger partial charge is 0.454 e. The lowest BCUT2D eigenvalue weighted by molar-refractivity contribution is -0.118. The summed E-state index contributed by atoms with van der Waals surface area (Å²) in [7, 11) is 0. The van der Waals surface area contributed by atoms with Crippen molar-refractivity contribution in [2.45, 2.75) is 50.9 Å². The molecule has 2 heterocycles. The molecule has 1 aromatic heterocycles. The van der Waals surface area contributed by atoms with E-state index in [4.69, 9.17) is 9.47 Å². The average Bonchev–Trinajstić information content (AvgIpc) is 3.20. The van der Waals surface area contributed by atoms with Gasteiger partial charge in [-0.25, -0.2) is 0 Å². The summed E-state index contributed by atoms with van der Waals surface area (Å²) in [5, 5.41) is 4.26. The van der Waals surface area contributed by atoms with E-state index >= 15 is 0 Å². The smallest absolute Gasteiger partial charge is 0.235 e. The summed E-state index contributed by atoms with van der Waals surface area (Å²) in [5.41, 5.74) is 3.76. The first-order valence-electron chi connectivity index (χ1n) is 10.3. The number of H-pyrrole nitrogens is 1. The van der Waals surface area contributed by atoms with Gasteiger partial charge in [0.25, 0.3) is 0 Å². The van der Waals surface area contributed by atoms with Crippen LogP contribution in [0.2, 0.25) is 0 Å². The summed E-state index contributed by atoms with van der Waals surface area (Å²) < 4.78 is 10.9. The first-order chi connectivity index (χ1) is 13.9. The normalized spacial score (nSPS) is 16.8. The number of fused-ring (bicyclic) bond motifs is 2. The zero-order valence-electron chi connectivity index (χ0n) is 17.1. The molecule has 1 saturated carbocycles. The minimum Gasteiger partial charge on any atom is -0.454 e. The zero-order valence-corrected chi connectivity index (χ0v) is 17.1. The molecule has 0 unspecified atom stereocenters. The maximum absolute atomic E-state index is 13.2.